The molecule has 4 heteroatoms. The molecule has 0 fully saturated rings. The van der Waals surface area contributed by atoms with Crippen LogP contribution in [0.1, 0.15) is 52.9 Å². The van der Waals surface area contributed by atoms with Gasteiger partial charge < -0.3 is 10.2 Å². The number of aliphatic carboxylic acids is 2. The van der Waals surface area contributed by atoms with Gasteiger partial charge in [0.05, 0.1) is 11.8 Å². The van der Waals surface area contributed by atoms with Crippen molar-refractivity contribution in [3.8, 4) is 0 Å². The molecule has 0 aliphatic carbocycles. The highest BCUT2D eigenvalue weighted by atomic mass is 16.4. The Bertz CT molecular complexity index is 320. The molecule has 2 unspecified atom stereocenters. The predicted octanol–water partition coefficient (Wildman–Crippen LogP) is 3.57. The largest absolute Gasteiger partial charge is 0.481 e. The number of carbonyl (C=O) groups is 2. The van der Waals surface area contributed by atoms with E-state index in [1.807, 2.05) is 6.92 Å². The quantitative estimate of drug-likeness (QED) is 0.595. The highest BCUT2D eigenvalue weighted by Crippen LogP contribution is 2.27. The van der Waals surface area contributed by atoms with Crippen molar-refractivity contribution in [2.24, 2.45) is 17.8 Å². The van der Waals surface area contributed by atoms with Gasteiger partial charge in [-0.05, 0) is 31.6 Å². The average Bonchev–Trinajstić information content (AvgIpc) is 2.30. The zero-order chi connectivity index (χ0) is 15.0. The van der Waals surface area contributed by atoms with Gasteiger partial charge >= 0.3 is 11.9 Å². The molecule has 4 nitrogen and oxygen atoms in total. The zero-order valence-electron chi connectivity index (χ0n) is 12.2. The minimum absolute atomic E-state index is 0.263. The Kier molecular flexibility index (Phi) is 8.12. The van der Waals surface area contributed by atoms with Crippen molar-refractivity contribution in [3.05, 3.63) is 12.2 Å². The third-order valence-corrected chi connectivity index (χ3v) is 3.30. The van der Waals surface area contributed by atoms with E-state index >= 15 is 0 Å². The van der Waals surface area contributed by atoms with Crippen molar-refractivity contribution >= 4 is 11.9 Å². The SMILES string of the molecule is C=C(CCC(C)C)CC(C(=O)O)C(CCC)C(=O)O. The highest BCUT2D eigenvalue weighted by Gasteiger charge is 2.33. The second-order valence-corrected chi connectivity index (χ2v) is 5.56. The Hall–Kier alpha value is -1.32. The summed E-state index contributed by atoms with van der Waals surface area (Å²) >= 11 is 0. The van der Waals surface area contributed by atoms with Crippen LogP contribution in [0.15, 0.2) is 12.2 Å². The molecule has 19 heavy (non-hydrogen) atoms. The fourth-order valence-electron chi connectivity index (χ4n) is 2.12. The number of hydrogen-bond donors (Lipinski definition) is 2. The lowest BCUT2D eigenvalue weighted by molar-refractivity contribution is -0.154. The van der Waals surface area contributed by atoms with Crippen LogP contribution in [0.2, 0.25) is 0 Å². The lowest BCUT2D eigenvalue weighted by atomic mass is 9.83. The molecule has 0 aliphatic heterocycles. The first kappa shape index (κ1) is 17.7. The molecule has 2 atom stereocenters. The second kappa shape index (κ2) is 8.73. The Balaban J connectivity index is 4.67. The molecule has 0 saturated carbocycles. The highest BCUT2D eigenvalue weighted by molar-refractivity contribution is 5.80. The number of hydrogen-bond acceptors (Lipinski definition) is 2. The lowest BCUT2D eigenvalue weighted by Crippen LogP contribution is -2.30. The third-order valence-electron chi connectivity index (χ3n) is 3.30. The summed E-state index contributed by atoms with van der Waals surface area (Å²) in [7, 11) is 0. The minimum atomic E-state index is -1.04. The maximum atomic E-state index is 11.3. The zero-order valence-corrected chi connectivity index (χ0v) is 12.2. The van der Waals surface area contributed by atoms with Gasteiger partial charge in [0.25, 0.3) is 0 Å². The standard InChI is InChI=1S/C15H26O4/c1-5-6-12(14(16)17)13(15(18)19)9-11(4)8-7-10(2)3/h10,12-13H,4-9H2,1-3H3,(H,16,17)(H,18,19). The molecule has 0 aromatic carbocycles. The van der Waals surface area contributed by atoms with E-state index in [0.29, 0.717) is 18.8 Å². The maximum Gasteiger partial charge on any atom is 0.307 e. The summed E-state index contributed by atoms with van der Waals surface area (Å²) in [6.07, 6.45) is 3.04. The van der Waals surface area contributed by atoms with Crippen LogP contribution in [0, 0.1) is 17.8 Å². The van der Waals surface area contributed by atoms with Gasteiger partial charge in [-0.3, -0.25) is 9.59 Å². The van der Waals surface area contributed by atoms with Gasteiger partial charge in [-0.2, -0.15) is 0 Å². The summed E-state index contributed by atoms with van der Waals surface area (Å²) in [6, 6.07) is 0. The van der Waals surface area contributed by atoms with Crippen molar-refractivity contribution in [3.63, 3.8) is 0 Å². The van der Waals surface area contributed by atoms with E-state index in [-0.39, 0.29) is 6.42 Å². The molecule has 0 rings (SSSR count). The summed E-state index contributed by atoms with van der Waals surface area (Å²) in [5.41, 5.74) is 0.837. The van der Waals surface area contributed by atoms with Gasteiger partial charge in [0.1, 0.15) is 0 Å². The van der Waals surface area contributed by atoms with Crippen molar-refractivity contribution in [2.45, 2.75) is 52.9 Å². The molecule has 0 bridgehead atoms. The smallest absolute Gasteiger partial charge is 0.307 e. The van der Waals surface area contributed by atoms with Crippen LogP contribution >= 0.6 is 0 Å². The molecule has 0 aromatic heterocycles. The molecule has 0 aliphatic rings. The second-order valence-electron chi connectivity index (χ2n) is 5.56. The van der Waals surface area contributed by atoms with Crippen molar-refractivity contribution in [1.82, 2.24) is 0 Å². The minimum Gasteiger partial charge on any atom is -0.481 e. The van der Waals surface area contributed by atoms with E-state index in [1.54, 1.807) is 0 Å². The van der Waals surface area contributed by atoms with Crippen LogP contribution in [0.5, 0.6) is 0 Å². The predicted molar refractivity (Wildman–Crippen MR) is 75.0 cm³/mol. The molecule has 0 aromatic rings. The number of rotatable bonds is 10. The molecule has 110 valence electrons. The van der Waals surface area contributed by atoms with E-state index in [9.17, 15) is 14.7 Å². The van der Waals surface area contributed by atoms with E-state index in [2.05, 4.69) is 20.4 Å². The summed E-state index contributed by atoms with van der Waals surface area (Å²) in [6.45, 7) is 9.95. The van der Waals surface area contributed by atoms with Crippen LogP contribution in [0.25, 0.3) is 0 Å². The molecular weight excluding hydrogens is 244 g/mol. The van der Waals surface area contributed by atoms with E-state index in [1.165, 1.54) is 0 Å². The lowest BCUT2D eigenvalue weighted by Gasteiger charge is -2.21. The van der Waals surface area contributed by atoms with Crippen molar-refractivity contribution < 1.29 is 19.8 Å². The monoisotopic (exact) mass is 270 g/mol. The van der Waals surface area contributed by atoms with Crippen LogP contribution in [-0.4, -0.2) is 22.2 Å². The fourth-order valence-corrected chi connectivity index (χ4v) is 2.12. The summed E-state index contributed by atoms with van der Waals surface area (Å²) in [5.74, 6) is -3.21. The normalized spacial score (nSPS) is 14.1. The molecule has 0 radical (unpaired) electrons. The Labute approximate surface area is 115 Å². The van der Waals surface area contributed by atoms with Crippen molar-refractivity contribution in [2.75, 3.05) is 0 Å². The van der Waals surface area contributed by atoms with Crippen LogP contribution in [-0.2, 0) is 9.59 Å². The number of carboxylic acid groups (broad SMARTS) is 2. The molecule has 2 N–H and O–H groups in total. The fraction of sp³-hybridized carbons (Fsp3) is 0.733. The van der Waals surface area contributed by atoms with E-state index in [0.717, 1.165) is 18.4 Å². The topological polar surface area (TPSA) is 74.6 Å². The van der Waals surface area contributed by atoms with Crippen LogP contribution in [0.4, 0.5) is 0 Å². The summed E-state index contributed by atoms with van der Waals surface area (Å²) < 4.78 is 0. The van der Waals surface area contributed by atoms with Crippen molar-refractivity contribution in [1.29, 1.82) is 0 Å². The van der Waals surface area contributed by atoms with Gasteiger partial charge in [-0.25, -0.2) is 0 Å². The average molecular weight is 270 g/mol. The molecule has 0 amide bonds. The van der Waals surface area contributed by atoms with Gasteiger partial charge in [0.15, 0.2) is 0 Å². The molecule has 0 saturated heterocycles. The van der Waals surface area contributed by atoms with Crippen LogP contribution < -0.4 is 0 Å². The van der Waals surface area contributed by atoms with E-state index < -0.39 is 23.8 Å². The number of carboxylic acids is 2. The first-order chi connectivity index (χ1) is 8.79. The Morgan fingerprint density at radius 1 is 1.05 bits per heavy atom. The summed E-state index contributed by atoms with van der Waals surface area (Å²) in [5, 5.41) is 18.4. The molecule has 0 spiro atoms. The van der Waals surface area contributed by atoms with Crippen LogP contribution in [0.3, 0.4) is 0 Å². The maximum absolute atomic E-state index is 11.3. The molecular formula is C15H26O4. The third kappa shape index (κ3) is 6.99. The first-order valence-corrected chi connectivity index (χ1v) is 6.91. The summed E-state index contributed by atoms with van der Waals surface area (Å²) in [4.78, 5) is 22.5. The Morgan fingerprint density at radius 2 is 1.58 bits per heavy atom. The number of allylic oxidation sites excluding steroid dienone is 1. The van der Waals surface area contributed by atoms with Gasteiger partial charge in [0.2, 0.25) is 0 Å². The van der Waals surface area contributed by atoms with Gasteiger partial charge in [0, 0.05) is 0 Å². The first-order valence-electron chi connectivity index (χ1n) is 6.91. The van der Waals surface area contributed by atoms with Gasteiger partial charge in [-0.15, -0.1) is 0 Å². The van der Waals surface area contributed by atoms with Gasteiger partial charge in [-0.1, -0.05) is 39.3 Å². The molecule has 0 heterocycles. The van der Waals surface area contributed by atoms with E-state index in [4.69, 9.17) is 5.11 Å². The Morgan fingerprint density at radius 3 is 1.95 bits per heavy atom.